The standard InChI is InChI=1S/C38H62N4O3/c1-11-23-42(24-12-2,27-35(44)40-36-28(4)20-19-21-29(36)5)25-18-16-14-15-17-22-41(13-3)26-34(43)39-37-30(6)32(8)38(45-10)33(9)31(37)7/h19-21H,11-18,22-27H2,1-10H3,(H-,39,40,43,44)/p+1. The molecule has 0 aromatic heterocycles. The number of nitrogens with one attached hydrogen (secondary N) is 2. The van der Waals surface area contributed by atoms with Crippen LogP contribution in [0.15, 0.2) is 18.2 Å². The van der Waals surface area contributed by atoms with Crippen LogP contribution in [0.5, 0.6) is 5.75 Å². The van der Waals surface area contributed by atoms with Crippen LogP contribution < -0.4 is 15.4 Å². The molecule has 2 rings (SSSR count). The van der Waals surface area contributed by atoms with E-state index in [0.717, 1.165) is 120 Å². The van der Waals surface area contributed by atoms with E-state index in [4.69, 9.17) is 4.74 Å². The van der Waals surface area contributed by atoms with Gasteiger partial charge < -0.3 is 19.9 Å². The third kappa shape index (κ3) is 11.1. The molecule has 2 N–H and O–H groups in total. The second-order valence-electron chi connectivity index (χ2n) is 13.1. The van der Waals surface area contributed by atoms with Crippen molar-refractivity contribution >= 4 is 23.2 Å². The van der Waals surface area contributed by atoms with Crippen molar-refractivity contribution in [1.29, 1.82) is 0 Å². The Morgan fingerprint density at radius 3 is 1.78 bits per heavy atom. The predicted molar refractivity (Wildman–Crippen MR) is 191 cm³/mol. The van der Waals surface area contributed by atoms with Crippen LogP contribution in [0.25, 0.3) is 0 Å². The maximum atomic E-state index is 13.3. The van der Waals surface area contributed by atoms with Crippen molar-refractivity contribution in [2.75, 3.05) is 63.6 Å². The lowest BCUT2D eigenvalue weighted by Crippen LogP contribution is -2.54. The van der Waals surface area contributed by atoms with Crippen LogP contribution in [-0.2, 0) is 9.59 Å². The van der Waals surface area contributed by atoms with Gasteiger partial charge in [-0.15, -0.1) is 0 Å². The fraction of sp³-hybridized carbons (Fsp3) is 0.632. The molecule has 0 aliphatic rings. The highest BCUT2D eigenvalue weighted by atomic mass is 16.5. The van der Waals surface area contributed by atoms with Crippen LogP contribution >= 0.6 is 0 Å². The van der Waals surface area contributed by atoms with Gasteiger partial charge in [-0.3, -0.25) is 14.5 Å². The topological polar surface area (TPSA) is 70.7 Å². The first-order chi connectivity index (χ1) is 21.4. The maximum absolute atomic E-state index is 13.3. The zero-order chi connectivity index (χ0) is 33.6. The number of ether oxygens (including phenoxy) is 1. The number of anilines is 2. The lowest BCUT2D eigenvalue weighted by Gasteiger charge is -2.38. The summed E-state index contributed by atoms with van der Waals surface area (Å²) in [6.07, 6.45) is 7.88. The number of benzene rings is 2. The number of amides is 2. The molecule has 0 aliphatic heterocycles. The van der Waals surface area contributed by atoms with Gasteiger partial charge in [0.05, 0.1) is 33.3 Å². The van der Waals surface area contributed by atoms with Crippen LogP contribution in [0.3, 0.4) is 0 Å². The van der Waals surface area contributed by atoms with Crippen molar-refractivity contribution in [2.45, 2.75) is 107 Å². The number of unbranched alkanes of at least 4 members (excludes halogenated alkanes) is 4. The van der Waals surface area contributed by atoms with E-state index < -0.39 is 0 Å². The van der Waals surface area contributed by atoms with E-state index in [0.29, 0.717) is 13.1 Å². The second-order valence-corrected chi connectivity index (χ2v) is 13.1. The quantitative estimate of drug-likeness (QED) is 0.116. The summed E-state index contributed by atoms with van der Waals surface area (Å²) >= 11 is 0. The Morgan fingerprint density at radius 1 is 0.711 bits per heavy atom. The van der Waals surface area contributed by atoms with E-state index in [1.807, 2.05) is 33.8 Å². The van der Waals surface area contributed by atoms with Gasteiger partial charge in [0.1, 0.15) is 5.75 Å². The van der Waals surface area contributed by atoms with Gasteiger partial charge in [-0.2, -0.15) is 0 Å². The van der Waals surface area contributed by atoms with E-state index in [-0.39, 0.29) is 11.8 Å². The van der Waals surface area contributed by atoms with Crippen LogP contribution in [-0.4, -0.2) is 74.1 Å². The van der Waals surface area contributed by atoms with E-state index in [1.54, 1.807) is 7.11 Å². The zero-order valence-corrected chi connectivity index (χ0v) is 30.3. The molecule has 252 valence electrons. The van der Waals surface area contributed by atoms with Crippen molar-refractivity contribution < 1.29 is 18.8 Å². The first-order valence-corrected chi connectivity index (χ1v) is 17.3. The summed E-state index contributed by atoms with van der Waals surface area (Å²) in [4.78, 5) is 28.5. The van der Waals surface area contributed by atoms with Crippen LogP contribution in [0.1, 0.15) is 99.1 Å². The number of para-hydroxylation sites is 1. The largest absolute Gasteiger partial charge is 0.496 e. The SMILES string of the molecule is CCC[N+](CCC)(CCCCCCCN(CC)CC(=O)Nc1c(C)c(C)c(OC)c(C)c1C)CC(=O)Nc1c(C)cccc1C. The molecule has 0 radical (unpaired) electrons. The summed E-state index contributed by atoms with van der Waals surface area (Å²) in [5.74, 6) is 1.06. The van der Waals surface area contributed by atoms with Crippen molar-refractivity contribution in [2.24, 2.45) is 0 Å². The van der Waals surface area contributed by atoms with Crippen molar-refractivity contribution in [3.8, 4) is 5.75 Å². The number of carbonyl (C=O) groups is 2. The number of rotatable bonds is 20. The van der Waals surface area contributed by atoms with E-state index in [9.17, 15) is 9.59 Å². The van der Waals surface area contributed by atoms with Gasteiger partial charge in [0.15, 0.2) is 6.54 Å². The van der Waals surface area contributed by atoms with Crippen LogP contribution in [0.2, 0.25) is 0 Å². The van der Waals surface area contributed by atoms with Gasteiger partial charge >= 0.3 is 0 Å². The molecule has 0 fully saturated rings. The summed E-state index contributed by atoms with van der Waals surface area (Å²) in [6, 6.07) is 6.16. The normalized spacial score (nSPS) is 11.6. The average Bonchev–Trinajstić information content (AvgIpc) is 2.99. The Kier molecular flexibility index (Phi) is 16.1. The maximum Gasteiger partial charge on any atom is 0.279 e. The Labute approximate surface area is 274 Å². The van der Waals surface area contributed by atoms with Gasteiger partial charge in [-0.1, -0.05) is 51.8 Å². The number of likely N-dealkylation sites (N-methyl/N-ethyl adjacent to an activating group) is 1. The van der Waals surface area contributed by atoms with Crippen molar-refractivity contribution in [1.82, 2.24) is 4.90 Å². The summed E-state index contributed by atoms with van der Waals surface area (Å²) in [6.45, 7) is 24.7. The first-order valence-electron chi connectivity index (χ1n) is 17.3. The predicted octanol–water partition coefficient (Wildman–Crippen LogP) is 8.03. The average molecular weight is 624 g/mol. The van der Waals surface area contributed by atoms with Gasteiger partial charge in [-0.25, -0.2) is 0 Å². The van der Waals surface area contributed by atoms with Gasteiger partial charge in [0.25, 0.3) is 5.91 Å². The third-order valence-corrected chi connectivity index (χ3v) is 9.57. The Morgan fingerprint density at radius 2 is 1.24 bits per heavy atom. The summed E-state index contributed by atoms with van der Waals surface area (Å²) in [5.41, 5.74) is 8.37. The van der Waals surface area contributed by atoms with E-state index in [1.165, 1.54) is 12.8 Å². The molecule has 2 aromatic rings. The molecule has 0 bridgehead atoms. The molecule has 7 heteroatoms. The molecule has 0 atom stereocenters. The number of hydrogen-bond acceptors (Lipinski definition) is 4. The molecule has 0 saturated carbocycles. The number of nitrogens with zero attached hydrogens (tertiary/aromatic N) is 2. The second kappa shape index (κ2) is 18.9. The molecule has 2 amide bonds. The first kappa shape index (κ1) is 38.3. The molecule has 7 nitrogen and oxygen atoms in total. The Bertz CT molecular complexity index is 1200. The number of quaternary nitrogens is 1. The summed E-state index contributed by atoms with van der Waals surface area (Å²) in [5, 5.41) is 6.43. The number of carbonyl (C=O) groups excluding carboxylic acids is 2. The molecule has 0 heterocycles. The molecular weight excluding hydrogens is 560 g/mol. The lowest BCUT2D eigenvalue weighted by molar-refractivity contribution is -0.921. The van der Waals surface area contributed by atoms with Gasteiger partial charge in [-0.05, 0) is 120 Å². The molecule has 45 heavy (non-hydrogen) atoms. The minimum absolute atomic E-state index is 0.0367. The molecule has 2 aromatic carbocycles. The minimum Gasteiger partial charge on any atom is -0.496 e. The fourth-order valence-corrected chi connectivity index (χ4v) is 6.83. The van der Waals surface area contributed by atoms with Crippen LogP contribution in [0.4, 0.5) is 11.4 Å². The number of hydrogen-bond donors (Lipinski definition) is 2. The monoisotopic (exact) mass is 623 g/mol. The highest BCUT2D eigenvalue weighted by molar-refractivity contribution is 5.94. The minimum atomic E-state index is 0.0367. The highest BCUT2D eigenvalue weighted by Crippen LogP contribution is 2.35. The zero-order valence-electron chi connectivity index (χ0n) is 30.3. The third-order valence-electron chi connectivity index (χ3n) is 9.57. The Hall–Kier alpha value is -2.90. The van der Waals surface area contributed by atoms with E-state index in [2.05, 4.69) is 62.3 Å². The van der Waals surface area contributed by atoms with Gasteiger partial charge in [0.2, 0.25) is 5.91 Å². The number of methoxy groups -OCH3 is 1. The molecule has 0 aliphatic carbocycles. The van der Waals surface area contributed by atoms with Crippen molar-refractivity contribution in [3.63, 3.8) is 0 Å². The van der Waals surface area contributed by atoms with Crippen LogP contribution in [0, 0.1) is 41.5 Å². The number of aryl methyl sites for hydroxylation is 2. The van der Waals surface area contributed by atoms with Crippen molar-refractivity contribution in [3.05, 3.63) is 51.6 Å². The van der Waals surface area contributed by atoms with E-state index >= 15 is 0 Å². The highest BCUT2D eigenvalue weighted by Gasteiger charge is 2.29. The van der Waals surface area contributed by atoms with Gasteiger partial charge in [0, 0.05) is 11.4 Å². The summed E-state index contributed by atoms with van der Waals surface area (Å²) < 4.78 is 6.47. The fourth-order valence-electron chi connectivity index (χ4n) is 6.83. The molecule has 0 unspecified atom stereocenters. The molecule has 0 spiro atoms. The molecule has 0 saturated heterocycles. The lowest BCUT2D eigenvalue weighted by atomic mass is 9.97. The molecular formula is C38H63N4O3+. The Balaban J connectivity index is 1.83. The smallest absolute Gasteiger partial charge is 0.279 e. The summed E-state index contributed by atoms with van der Waals surface area (Å²) in [7, 11) is 1.70.